The molecule has 0 bridgehead atoms. The SMILES string of the molecule is CCC(CC)CNC(=O)N1CC(C(C)C(=O)O)C1. The molecule has 5 nitrogen and oxygen atoms in total. The topological polar surface area (TPSA) is 69.6 Å². The van der Waals surface area contributed by atoms with Crippen LogP contribution in [0.25, 0.3) is 0 Å². The highest BCUT2D eigenvalue weighted by molar-refractivity contribution is 5.76. The maximum atomic E-state index is 11.8. The van der Waals surface area contributed by atoms with Crippen LogP contribution in [0.5, 0.6) is 0 Å². The minimum Gasteiger partial charge on any atom is -0.481 e. The molecule has 0 radical (unpaired) electrons. The molecule has 1 saturated heterocycles. The lowest BCUT2D eigenvalue weighted by atomic mass is 9.87. The molecule has 0 aromatic rings. The third-order valence-corrected chi connectivity index (χ3v) is 3.99. The van der Waals surface area contributed by atoms with Gasteiger partial charge >= 0.3 is 12.0 Å². The number of hydrogen-bond acceptors (Lipinski definition) is 2. The molecule has 0 saturated carbocycles. The first-order valence-corrected chi connectivity index (χ1v) is 6.75. The number of likely N-dealkylation sites (tertiary alicyclic amines) is 1. The summed E-state index contributed by atoms with van der Waals surface area (Å²) in [6.45, 7) is 7.77. The Labute approximate surface area is 109 Å². The zero-order valence-electron chi connectivity index (χ0n) is 11.5. The van der Waals surface area contributed by atoms with E-state index in [1.165, 1.54) is 0 Å². The van der Waals surface area contributed by atoms with Gasteiger partial charge in [0.2, 0.25) is 0 Å². The van der Waals surface area contributed by atoms with Crippen molar-refractivity contribution in [1.82, 2.24) is 10.2 Å². The van der Waals surface area contributed by atoms with Crippen molar-refractivity contribution in [3.63, 3.8) is 0 Å². The van der Waals surface area contributed by atoms with Crippen LogP contribution in [-0.2, 0) is 4.79 Å². The number of nitrogens with zero attached hydrogens (tertiary/aromatic N) is 1. The molecule has 0 spiro atoms. The van der Waals surface area contributed by atoms with E-state index >= 15 is 0 Å². The summed E-state index contributed by atoms with van der Waals surface area (Å²) in [6.07, 6.45) is 2.13. The van der Waals surface area contributed by atoms with Crippen molar-refractivity contribution < 1.29 is 14.7 Å². The molecule has 0 aromatic heterocycles. The molecular weight excluding hydrogens is 232 g/mol. The number of carbonyl (C=O) groups excluding carboxylic acids is 1. The van der Waals surface area contributed by atoms with E-state index in [0.717, 1.165) is 12.8 Å². The van der Waals surface area contributed by atoms with Gasteiger partial charge in [0, 0.05) is 25.6 Å². The summed E-state index contributed by atoms with van der Waals surface area (Å²) in [5.74, 6) is -0.518. The number of hydrogen-bond donors (Lipinski definition) is 2. The maximum Gasteiger partial charge on any atom is 0.317 e. The lowest BCUT2D eigenvalue weighted by molar-refractivity contribution is -0.144. The van der Waals surface area contributed by atoms with Crippen LogP contribution in [-0.4, -0.2) is 41.6 Å². The molecule has 0 aromatic carbocycles. The van der Waals surface area contributed by atoms with Crippen molar-refractivity contribution in [3.8, 4) is 0 Å². The number of nitrogens with one attached hydrogen (secondary N) is 1. The summed E-state index contributed by atoms with van der Waals surface area (Å²) >= 11 is 0. The van der Waals surface area contributed by atoms with Crippen molar-refractivity contribution in [1.29, 1.82) is 0 Å². The van der Waals surface area contributed by atoms with Gasteiger partial charge in [-0.15, -0.1) is 0 Å². The quantitative estimate of drug-likeness (QED) is 0.761. The summed E-state index contributed by atoms with van der Waals surface area (Å²) in [4.78, 5) is 24.2. The maximum absolute atomic E-state index is 11.8. The Morgan fingerprint density at radius 1 is 1.33 bits per heavy atom. The van der Waals surface area contributed by atoms with E-state index in [4.69, 9.17) is 5.11 Å². The molecule has 0 aliphatic carbocycles. The minimum atomic E-state index is -0.780. The average Bonchev–Trinajstić information content (AvgIpc) is 2.28. The molecule has 1 atom stereocenters. The third-order valence-electron chi connectivity index (χ3n) is 3.99. The first-order chi connectivity index (χ1) is 8.49. The van der Waals surface area contributed by atoms with Crippen LogP contribution >= 0.6 is 0 Å². The Balaban J connectivity index is 2.25. The van der Waals surface area contributed by atoms with Gasteiger partial charge < -0.3 is 15.3 Å². The summed E-state index contributed by atoms with van der Waals surface area (Å²) in [6, 6.07) is -0.0595. The van der Waals surface area contributed by atoms with Crippen molar-refractivity contribution in [2.24, 2.45) is 17.8 Å². The molecule has 2 amide bonds. The zero-order valence-corrected chi connectivity index (χ0v) is 11.5. The van der Waals surface area contributed by atoms with Gasteiger partial charge in [-0.3, -0.25) is 4.79 Å². The number of rotatable bonds is 6. The van der Waals surface area contributed by atoms with Gasteiger partial charge in [0.1, 0.15) is 0 Å². The van der Waals surface area contributed by atoms with Crippen molar-refractivity contribution >= 4 is 12.0 Å². The molecule has 1 unspecified atom stereocenters. The molecule has 1 heterocycles. The Hall–Kier alpha value is -1.26. The van der Waals surface area contributed by atoms with Gasteiger partial charge in [-0.1, -0.05) is 33.6 Å². The summed E-state index contributed by atoms with van der Waals surface area (Å²) in [7, 11) is 0. The van der Waals surface area contributed by atoms with E-state index in [9.17, 15) is 9.59 Å². The highest BCUT2D eigenvalue weighted by atomic mass is 16.4. The molecule has 1 aliphatic rings. The van der Waals surface area contributed by atoms with Gasteiger partial charge in [0.15, 0.2) is 0 Å². The smallest absolute Gasteiger partial charge is 0.317 e. The Morgan fingerprint density at radius 3 is 2.33 bits per heavy atom. The summed E-state index contributed by atoms with van der Waals surface area (Å²) < 4.78 is 0. The zero-order chi connectivity index (χ0) is 13.7. The minimum absolute atomic E-state index is 0.0595. The fourth-order valence-corrected chi connectivity index (χ4v) is 2.12. The Morgan fingerprint density at radius 2 is 1.89 bits per heavy atom. The largest absolute Gasteiger partial charge is 0.481 e. The van der Waals surface area contributed by atoms with E-state index in [1.54, 1.807) is 11.8 Å². The van der Waals surface area contributed by atoms with Crippen molar-refractivity contribution in [2.45, 2.75) is 33.6 Å². The first kappa shape index (κ1) is 14.8. The predicted molar refractivity (Wildman–Crippen MR) is 69.3 cm³/mol. The van der Waals surface area contributed by atoms with Crippen LogP contribution in [0.2, 0.25) is 0 Å². The summed E-state index contributed by atoms with van der Waals surface area (Å²) in [5, 5.41) is 11.8. The highest BCUT2D eigenvalue weighted by Gasteiger charge is 2.37. The van der Waals surface area contributed by atoms with Crippen LogP contribution in [0.4, 0.5) is 4.79 Å². The normalized spacial score (nSPS) is 17.4. The second kappa shape index (κ2) is 6.61. The first-order valence-electron chi connectivity index (χ1n) is 6.75. The number of carboxylic acid groups (broad SMARTS) is 1. The van der Waals surface area contributed by atoms with E-state index in [2.05, 4.69) is 19.2 Å². The van der Waals surface area contributed by atoms with Crippen LogP contribution in [0.1, 0.15) is 33.6 Å². The molecule has 5 heteroatoms. The molecule has 18 heavy (non-hydrogen) atoms. The van der Waals surface area contributed by atoms with Crippen LogP contribution in [0, 0.1) is 17.8 Å². The van der Waals surface area contributed by atoms with Crippen molar-refractivity contribution in [3.05, 3.63) is 0 Å². The number of aliphatic carboxylic acids is 1. The molecular formula is C13H24N2O3. The molecule has 104 valence electrons. The second-order valence-electron chi connectivity index (χ2n) is 5.16. The standard InChI is InChI=1S/C13H24N2O3/c1-4-10(5-2)6-14-13(18)15-7-11(8-15)9(3)12(16)17/h9-11H,4-8H2,1-3H3,(H,14,18)(H,16,17). The fraction of sp³-hybridized carbons (Fsp3) is 0.846. The van der Waals surface area contributed by atoms with Crippen LogP contribution in [0.15, 0.2) is 0 Å². The Bertz CT molecular complexity index is 297. The lowest BCUT2D eigenvalue weighted by Gasteiger charge is -2.41. The number of urea groups is 1. The van der Waals surface area contributed by atoms with E-state index in [-0.39, 0.29) is 17.9 Å². The van der Waals surface area contributed by atoms with E-state index in [1.807, 2.05) is 0 Å². The van der Waals surface area contributed by atoms with Gasteiger partial charge in [-0.2, -0.15) is 0 Å². The van der Waals surface area contributed by atoms with Gasteiger partial charge in [0.25, 0.3) is 0 Å². The van der Waals surface area contributed by atoms with Crippen LogP contribution in [0.3, 0.4) is 0 Å². The highest BCUT2D eigenvalue weighted by Crippen LogP contribution is 2.23. The number of carbonyl (C=O) groups is 2. The van der Waals surface area contributed by atoms with Gasteiger partial charge in [-0.05, 0) is 5.92 Å². The average molecular weight is 256 g/mol. The monoisotopic (exact) mass is 256 g/mol. The number of amides is 2. The predicted octanol–water partition coefficient (Wildman–Crippen LogP) is 1.78. The molecule has 1 rings (SSSR count). The molecule has 1 aliphatic heterocycles. The van der Waals surface area contributed by atoms with Gasteiger partial charge in [0.05, 0.1) is 5.92 Å². The van der Waals surface area contributed by atoms with E-state index < -0.39 is 5.97 Å². The van der Waals surface area contributed by atoms with Crippen molar-refractivity contribution in [2.75, 3.05) is 19.6 Å². The fourth-order valence-electron chi connectivity index (χ4n) is 2.12. The van der Waals surface area contributed by atoms with Gasteiger partial charge in [-0.25, -0.2) is 4.79 Å². The summed E-state index contributed by atoms with van der Waals surface area (Å²) in [5.41, 5.74) is 0. The lowest BCUT2D eigenvalue weighted by Crippen LogP contribution is -2.56. The third kappa shape index (κ3) is 3.62. The molecule has 1 fully saturated rings. The second-order valence-corrected chi connectivity index (χ2v) is 5.16. The van der Waals surface area contributed by atoms with E-state index in [0.29, 0.717) is 25.6 Å². The molecule has 2 N–H and O–H groups in total. The van der Waals surface area contributed by atoms with Crippen LogP contribution < -0.4 is 5.32 Å². The Kier molecular flexibility index (Phi) is 5.44. The number of carboxylic acids is 1.